The van der Waals surface area contributed by atoms with Crippen molar-refractivity contribution in [2.45, 2.75) is 38.3 Å². The van der Waals surface area contributed by atoms with Crippen molar-refractivity contribution in [3.63, 3.8) is 0 Å². The molecule has 1 fully saturated rings. The van der Waals surface area contributed by atoms with Crippen LogP contribution in [0.5, 0.6) is 0 Å². The second kappa shape index (κ2) is 7.13. The van der Waals surface area contributed by atoms with E-state index in [4.69, 9.17) is 35.4 Å². The lowest BCUT2D eigenvalue weighted by Gasteiger charge is -2.32. The third-order valence-corrected chi connectivity index (χ3v) is 5.06. The molecule has 0 bridgehead atoms. The Balaban J connectivity index is 1.97. The first-order valence-corrected chi connectivity index (χ1v) is 8.91. The molecule has 0 aromatic carbocycles. The highest BCUT2D eigenvalue weighted by atomic mass is 35.5. The molecule has 2 aromatic rings. The van der Waals surface area contributed by atoms with E-state index in [0.717, 1.165) is 12.8 Å². The molecule has 0 saturated heterocycles. The smallest absolute Gasteiger partial charge is 0.282 e. The number of alkyl halides is 2. The van der Waals surface area contributed by atoms with Gasteiger partial charge in [-0.3, -0.25) is 9.67 Å². The minimum absolute atomic E-state index is 0.182. The van der Waals surface area contributed by atoms with Gasteiger partial charge in [0.25, 0.3) is 6.43 Å². The summed E-state index contributed by atoms with van der Waals surface area (Å²) in [5, 5.41) is 4.71. The van der Waals surface area contributed by atoms with E-state index in [-0.39, 0.29) is 23.3 Å². The number of pyridine rings is 1. The third-order valence-electron chi connectivity index (χ3n) is 4.12. The van der Waals surface area contributed by atoms with Crippen molar-refractivity contribution in [3.05, 3.63) is 45.5 Å². The van der Waals surface area contributed by atoms with E-state index in [9.17, 15) is 8.78 Å². The van der Waals surface area contributed by atoms with Crippen molar-refractivity contribution in [2.75, 3.05) is 0 Å². The molecule has 4 nitrogen and oxygen atoms in total. The van der Waals surface area contributed by atoms with Gasteiger partial charge in [0.2, 0.25) is 0 Å². The average molecular weight is 405 g/mol. The Morgan fingerprint density at radius 3 is 2.60 bits per heavy atom. The summed E-state index contributed by atoms with van der Waals surface area (Å²) in [5.74, 6) is 0. The zero-order chi connectivity index (χ0) is 18.3. The van der Waals surface area contributed by atoms with Crippen LogP contribution in [0.15, 0.2) is 18.5 Å². The zero-order valence-corrected chi connectivity index (χ0v) is 15.9. The van der Waals surface area contributed by atoms with Crippen LogP contribution in [0, 0.1) is 0 Å². The maximum absolute atomic E-state index is 13.3. The fourth-order valence-corrected chi connectivity index (χ4v) is 3.85. The van der Waals surface area contributed by atoms with Crippen LogP contribution in [0.1, 0.15) is 49.2 Å². The molecule has 0 spiro atoms. The van der Waals surface area contributed by atoms with E-state index in [0.29, 0.717) is 20.7 Å². The van der Waals surface area contributed by atoms with Gasteiger partial charge in [0, 0.05) is 25.5 Å². The van der Waals surface area contributed by atoms with Gasteiger partial charge in [0.1, 0.15) is 10.7 Å². The Bertz CT molecular complexity index is 807. The van der Waals surface area contributed by atoms with Crippen molar-refractivity contribution in [3.8, 4) is 0 Å². The number of hydrogen-bond acceptors (Lipinski definition) is 3. The van der Waals surface area contributed by atoms with Gasteiger partial charge in [0.05, 0.1) is 27.3 Å². The van der Waals surface area contributed by atoms with Crippen LogP contribution in [-0.2, 0) is 7.05 Å². The summed E-state index contributed by atoms with van der Waals surface area (Å²) in [4.78, 5) is 6.58. The SMILES string of the molecule is CC(c1ncc(Cl)cc1Cl)N(C(=S)c1cn(C)nc1C(F)F)C1CC1. The molecule has 134 valence electrons. The molecule has 1 saturated carbocycles. The van der Waals surface area contributed by atoms with E-state index in [1.54, 1.807) is 13.1 Å². The number of rotatable bonds is 5. The van der Waals surface area contributed by atoms with Crippen LogP contribution in [0.4, 0.5) is 8.78 Å². The lowest BCUT2D eigenvalue weighted by Crippen LogP contribution is -2.35. The molecule has 1 aliphatic carbocycles. The number of nitrogens with zero attached hydrogens (tertiary/aromatic N) is 4. The van der Waals surface area contributed by atoms with Gasteiger partial charge in [-0.25, -0.2) is 8.78 Å². The maximum atomic E-state index is 13.3. The monoisotopic (exact) mass is 404 g/mol. The molecule has 1 unspecified atom stereocenters. The first kappa shape index (κ1) is 18.5. The molecule has 0 N–H and O–H groups in total. The standard InChI is InChI=1S/C16H16Cl2F2N4S/c1-8(13-12(18)5-9(17)6-21-13)24(10-3-4-10)16(25)11-7-23(2)22-14(11)15(19)20/h5-8,10,15H,3-4H2,1-2H3. The molecule has 0 radical (unpaired) electrons. The molecule has 25 heavy (non-hydrogen) atoms. The minimum atomic E-state index is -2.69. The summed E-state index contributed by atoms with van der Waals surface area (Å²) >= 11 is 17.8. The van der Waals surface area contributed by atoms with Crippen molar-refractivity contribution in [2.24, 2.45) is 7.05 Å². The quantitative estimate of drug-likeness (QED) is 0.659. The van der Waals surface area contributed by atoms with Crippen LogP contribution < -0.4 is 0 Å². The number of aryl methyl sites for hydroxylation is 1. The van der Waals surface area contributed by atoms with Gasteiger partial charge >= 0.3 is 0 Å². The minimum Gasteiger partial charge on any atom is -0.351 e. The summed E-state index contributed by atoms with van der Waals surface area (Å²) in [6.45, 7) is 1.91. The third kappa shape index (κ3) is 3.78. The topological polar surface area (TPSA) is 34.0 Å². The van der Waals surface area contributed by atoms with Crippen LogP contribution in [-0.4, -0.2) is 30.7 Å². The second-order valence-electron chi connectivity index (χ2n) is 6.04. The van der Waals surface area contributed by atoms with E-state index >= 15 is 0 Å². The number of halogens is 4. The van der Waals surface area contributed by atoms with Crippen LogP contribution >= 0.6 is 35.4 Å². The Labute approximate surface area is 159 Å². The Morgan fingerprint density at radius 1 is 1.36 bits per heavy atom. The van der Waals surface area contributed by atoms with Gasteiger partial charge in [-0.2, -0.15) is 5.10 Å². The summed E-state index contributed by atoms with van der Waals surface area (Å²) in [6, 6.07) is 1.53. The molecule has 0 amide bonds. The Kier molecular flexibility index (Phi) is 5.27. The Morgan fingerprint density at radius 2 is 2.04 bits per heavy atom. The molecule has 2 heterocycles. The number of hydrogen-bond donors (Lipinski definition) is 0. The van der Waals surface area contributed by atoms with Gasteiger partial charge in [-0.1, -0.05) is 35.4 Å². The molecule has 1 atom stereocenters. The van der Waals surface area contributed by atoms with Crippen LogP contribution in [0.2, 0.25) is 10.0 Å². The highest BCUT2D eigenvalue weighted by Gasteiger charge is 2.37. The summed E-state index contributed by atoms with van der Waals surface area (Å²) in [6.07, 6.45) is 2.24. The predicted octanol–water partition coefficient (Wildman–Crippen LogP) is 4.96. The molecule has 2 aromatic heterocycles. The van der Waals surface area contributed by atoms with Gasteiger partial charge in [0.15, 0.2) is 0 Å². The summed E-state index contributed by atoms with van der Waals surface area (Å²) in [7, 11) is 1.60. The second-order valence-corrected chi connectivity index (χ2v) is 7.27. The average Bonchev–Trinajstić information content (AvgIpc) is 3.27. The number of thiocarbonyl (C=S) groups is 1. The largest absolute Gasteiger partial charge is 0.351 e. The van der Waals surface area contributed by atoms with E-state index in [1.165, 1.54) is 17.1 Å². The first-order chi connectivity index (χ1) is 11.8. The van der Waals surface area contributed by atoms with Crippen molar-refractivity contribution in [1.82, 2.24) is 19.7 Å². The molecule has 3 rings (SSSR count). The zero-order valence-electron chi connectivity index (χ0n) is 13.6. The summed E-state index contributed by atoms with van der Waals surface area (Å²) < 4.78 is 28.0. The van der Waals surface area contributed by atoms with E-state index in [1.807, 2.05) is 11.8 Å². The predicted molar refractivity (Wildman–Crippen MR) is 97.4 cm³/mol. The van der Waals surface area contributed by atoms with Gasteiger partial charge < -0.3 is 4.90 Å². The molecular formula is C16H16Cl2F2N4S. The fourth-order valence-electron chi connectivity index (χ4n) is 2.85. The van der Waals surface area contributed by atoms with Gasteiger partial charge in [-0.05, 0) is 25.8 Å². The normalized spacial score (nSPS) is 15.5. The number of aromatic nitrogens is 3. The van der Waals surface area contributed by atoms with Crippen LogP contribution in [0.3, 0.4) is 0 Å². The maximum Gasteiger partial charge on any atom is 0.282 e. The summed E-state index contributed by atoms with van der Waals surface area (Å²) in [5.41, 5.74) is 0.583. The van der Waals surface area contributed by atoms with E-state index < -0.39 is 6.43 Å². The van der Waals surface area contributed by atoms with Crippen LogP contribution in [0.25, 0.3) is 0 Å². The first-order valence-electron chi connectivity index (χ1n) is 7.75. The Hall–Kier alpha value is -1.31. The molecular weight excluding hydrogens is 389 g/mol. The van der Waals surface area contributed by atoms with E-state index in [2.05, 4.69) is 10.1 Å². The lowest BCUT2D eigenvalue weighted by atomic mass is 10.1. The fraction of sp³-hybridized carbons (Fsp3) is 0.438. The highest BCUT2D eigenvalue weighted by Crippen LogP contribution is 2.38. The molecule has 0 aliphatic heterocycles. The van der Waals surface area contributed by atoms with Gasteiger partial charge in [-0.15, -0.1) is 0 Å². The van der Waals surface area contributed by atoms with Crippen molar-refractivity contribution >= 4 is 40.4 Å². The highest BCUT2D eigenvalue weighted by molar-refractivity contribution is 7.80. The molecule has 1 aliphatic rings. The molecule has 9 heteroatoms. The lowest BCUT2D eigenvalue weighted by molar-refractivity contribution is 0.145. The van der Waals surface area contributed by atoms with Crippen molar-refractivity contribution < 1.29 is 8.78 Å². The van der Waals surface area contributed by atoms with Crippen molar-refractivity contribution in [1.29, 1.82) is 0 Å².